The van der Waals surface area contributed by atoms with Crippen LogP contribution in [0.3, 0.4) is 0 Å². The zero-order valence-electron chi connectivity index (χ0n) is 7.01. The average molecular weight is 221 g/mol. The van der Waals surface area contributed by atoms with Crippen molar-refractivity contribution in [3.05, 3.63) is 28.0 Å². The minimum atomic E-state index is -2.74. The van der Waals surface area contributed by atoms with E-state index >= 15 is 0 Å². The normalized spacial score (nSPS) is 10.6. The molecule has 0 radical (unpaired) electrons. The van der Waals surface area contributed by atoms with E-state index in [0.717, 1.165) is 6.07 Å². The van der Waals surface area contributed by atoms with Crippen LogP contribution in [0.2, 0.25) is 5.02 Å². The monoisotopic (exact) mass is 220 g/mol. The van der Waals surface area contributed by atoms with E-state index in [0.29, 0.717) is 6.29 Å². The molecule has 6 heteroatoms. The third kappa shape index (κ3) is 2.05. The number of nitrogens with two attached hydrogens (primary N) is 1. The molecule has 0 aliphatic carbocycles. The number of aromatic nitrogens is 1. The second-order valence-corrected chi connectivity index (χ2v) is 2.90. The minimum absolute atomic E-state index is 0.0831. The largest absolute Gasteiger partial charge is 0.325 e. The fraction of sp³-hybridized carbons (Fsp3) is 0.250. The van der Waals surface area contributed by atoms with Gasteiger partial charge in [-0.1, -0.05) is 11.6 Å². The van der Waals surface area contributed by atoms with E-state index in [4.69, 9.17) is 17.3 Å². The second-order valence-electron chi connectivity index (χ2n) is 2.52. The zero-order valence-corrected chi connectivity index (χ0v) is 7.76. The summed E-state index contributed by atoms with van der Waals surface area (Å²) < 4.78 is 24.8. The van der Waals surface area contributed by atoms with Gasteiger partial charge >= 0.3 is 0 Å². The van der Waals surface area contributed by atoms with Crippen LogP contribution >= 0.6 is 11.6 Å². The molecule has 0 bridgehead atoms. The quantitative estimate of drug-likeness (QED) is 0.792. The Morgan fingerprint density at radius 3 is 2.71 bits per heavy atom. The molecule has 0 aliphatic rings. The fourth-order valence-electron chi connectivity index (χ4n) is 0.981. The van der Waals surface area contributed by atoms with E-state index in [1.54, 1.807) is 0 Å². The van der Waals surface area contributed by atoms with Crippen LogP contribution in [0.25, 0.3) is 0 Å². The molecular weight excluding hydrogens is 214 g/mol. The number of carbonyl (C=O) groups excluding carboxylic acids is 1. The number of halogens is 3. The standard InChI is InChI=1S/C8H7ClF2N2O/c9-7-5(8(10)11)1-4(3-14)13-6(7)2-12/h1,3,8H,2,12H2. The summed E-state index contributed by atoms with van der Waals surface area (Å²) in [4.78, 5) is 14.1. The maximum atomic E-state index is 12.4. The van der Waals surface area contributed by atoms with Crippen molar-refractivity contribution >= 4 is 17.9 Å². The average Bonchev–Trinajstić information content (AvgIpc) is 2.17. The van der Waals surface area contributed by atoms with Gasteiger partial charge in [-0.25, -0.2) is 13.8 Å². The van der Waals surface area contributed by atoms with Gasteiger partial charge in [0.05, 0.1) is 10.7 Å². The second kappa shape index (κ2) is 4.43. The van der Waals surface area contributed by atoms with Crippen LogP contribution in [0.1, 0.15) is 28.2 Å². The highest BCUT2D eigenvalue weighted by Gasteiger charge is 2.16. The summed E-state index contributed by atoms with van der Waals surface area (Å²) >= 11 is 5.59. The Hall–Kier alpha value is -1.07. The lowest BCUT2D eigenvalue weighted by atomic mass is 10.2. The van der Waals surface area contributed by atoms with E-state index in [2.05, 4.69) is 4.98 Å². The lowest BCUT2D eigenvalue weighted by Gasteiger charge is -2.07. The predicted molar refractivity (Wildman–Crippen MR) is 47.5 cm³/mol. The smallest absolute Gasteiger partial charge is 0.265 e. The SMILES string of the molecule is NCc1nc(C=O)cc(C(F)F)c1Cl. The van der Waals surface area contributed by atoms with Crippen molar-refractivity contribution < 1.29 is 13.6 Å². The molecule has 0 aromatic carbocycles. The molecule has 0 atom stereocenters. The summed E-state index contributed by atoms with van der Waals surface area (Å²) in [7, 11) is 0. The third-order valence-electron chi connectivity index (χ3n) is 1.62. The van der Waals surface area contributed by atoms with Gasteiger partial charge in [0, 0.05) is 12.1 Å². The molecule has 3 nitrogen and oxygen atoms in total. The molecule has 0 saturated carbocycles. The first kappa shape index (κ1) is 11.0. The Bertz CT molecular complexity index is 357. The van der Waals surface area contributed by atoms with Crippen molar-refractivity contribution in [3.8, 4) is 0 Å². The van der Waals surface area contributed by atoms with Crippen molar-refractivity contribution in [3.63, 3.8) is 0 Å². The summed E-state index contributed by atoms with van der Waals surface area (Å²) in [6.07, 6.45) is -2.36. The number of hydrogen-bond donors (Lipinski definition) is 1. The number of rotatable bonds is 3. The highest BCUT2D eigenvalue weighted by molar-refractivity contribution is 6.32. The predicted octanol–water partition coefficient (Wildman–Crippen LogP) is 1.94. The molecule has 1 aromatic heterocycles. The highest BCUT2D eigenvalue weighted by Crippen LogP contribution is 2.29. The molecule has 0 saturated heterocycles. The molecule has 1 heterocycles. The molecule has 1 rings (SSSR count). The lowest BCUT2D eigenvalue weighted by Crippen LogP contribution is -2.05. The van der Waals surface area contributed by atoms with Crippen molar-refractivity contribution in [1.82, 2.24) is 4.98 Å². The third-order valence-corrected chi connectivity index (χ3v) is 2.06. The number of pyridine rings is 1. The Labute approximate surface area is 83.9 Å². The molecule has 0 unspecified atom stereocenters. The lowest BCUT2D eigenvalue weighted by molar-refractivity contribution is 0.111. The van der Waals surface area contributed by atoms with Crippen LogP contribution in [-0.2, 0) is 6.54 Å². The molecular formula is C8H7ClF2N2O. The first-order chi connectivity index (χ1) is 6.60. The summed E-state index contributed by atoms with van der Waals surface area (Å²) in [5, 5.41) is -0.173. The number of alkyl halides is 2. The van der Waals surface area contributed by atoms with Crippen LogP contribution in [0, 0.1) is 0 Å². The van der Waals surface area contributed by atoms with Gasteiger partial charge in [0.1, 0.15) is 5.69 Å². The van der Waals surface area contributed by atoms with Crippen LogP contribution in [-0.4, -0.2) is 11.3 Å². The van der Waals surface area contributed by atoms with Crippen molar-refractivity contribution in [2.45, 2.75) is 13.0 Å². The molecule has 14 heavy (non-hydrogen) atoms. The number of aldehydes is 1. The van der Waals surface area contributed by atoms with Gasteiger partial charge in [-0.3, -0.25) is 4.79 Å². The Morgan fingerprint density at radius 1 is 1.64 bits per heavy atom. The summed E-state index contributed by atoms with van der Waals surface area (Å²) in [5.74, 6) is 0. The van der Waals surface area contributed by atoms with Crippen LogP contribution in [0.5, 0.6) is 0 Å². The highest BCUT2D eigenvalue weighted by atomic mass is 35.5. The van der Waals surface area contributed by atoms with Gasteiger partial charge in [0.15, 0.2) is 6.29 Å². The first-order valence-electron chi connectivity index (χ1n) is 3.72. The summed E-state index contributed by atoms with van der Waals surface area (Å²) in [5.41, 5.74) is 4.83. The molecule has 0 spiro atoms. The Balaban J connectivity index is 3.34. The van der Waals surface area contributed by atoms with Crippen molar-refractivity contribution in [1.29, 1.82) is 0 Å². The van der Waals surface area contributed by atoms with Crippen LogP contribution in [0.4, 0.5) is 8.78 Å². The first-order valence-corrected chi connectivity index (χ1v) is 4.10. The molecule has 76 valence electrons. The van der Waals surface area contributed by atoms with Gasteiger partial charge < -0.3 is 5.73 Å². The number of nitrogens with zero attached hydrogens (tertiary/aromatic N) is 1. The molecule has 1 aromatic rings. The summed E-state index contributed by atoms with van der Waals surface area (Å²) in [6, 6.07) is 0.958. The van der Waals surface area contributed by atoms with Gasteiger partial charge in [0.2, 0.25) is 0 Å². The van der Waals surface area contributed by atoms with Gasteiger partial charge in [0.25, 0.3) is 6.43 Å². The zero-order chi connectivity index (χ0) is 10.7. The molecule has 2 N–H and O–H groups in total. The molecule has 0 amide bonds. The minimum Gasteiger partial charge on any atom is -0.325 e. The van der Waals surface area contributed by atoms with E-state index in [1.807, 2.05) is 0 Å². The van der Waals surface area contributed by atoms with Crippen LogP contribution < -0.4 is 5.73 Å². The maximum absolute atomic E-state index is 12.4. The fourth-order valence-corrected chi connectivity index (χ4v) is 1.24. The topological polar surface area (TPSA) is 56.0 Å². The number of carbonyl (C=O) groups is 1. The van der Waals surface area contributed by atoms with Crippen molar-refractivity contribution in [2.24, 2.45) is 5.73 Å². The van der Waals surface area contributed by atoms with Gasteiger partial charge in [-0.05, 0) is 6.07 Å². The van der Waals surface area contributed by atoms with Gasteiger partial charge in [-0.15, -0.1) is 0 Å². The van der Waals surface area contributed by atoms with Gasteiger partial charge in [-0.2, -0.15) is 0 Å². The number of hydrogen-bond acceptors (Lipinski definition) is 3. The van der Waals surface area contributed by atoms with Crippen molar-refractivity contribution in [2.75, 3.05) is 0 Å². The Morgan fingerprint density at radius 2 is 2.29 bits per heavy atom. The van der Waals surface area contributed by atoms with E-state index < -0.39 is 12.0 Å². The van der Waals surface area contributed by atoms with E-state index in [9.17, 15) is 13.6 Å². The maximum Gasteiger partial charge on any atom is 0.265 e. The summed E-state index contributed by atoms with van der Waals surface area (Å²) in [6.45, 7) is -0.0831. The van der Waals surface area contributed by atoms with E-state index in [-0.39, 0.29) is 23.0 Å². The molecule has 0 fully saturated rings. The molecule has 0 aliphatic heterocycles. The van der Waals surface area contributed by atoms with Crippen LogP contribution in [0.15, 0.2) is 6.07 Å². The Kier molecular flexibility index (Phi) is 3.49. The van der Waals surface area contributed by atoms with E-state index in [1.165, 1.54) is 0 Å².